The third kappa shape index (κ3) is 34.7. The number of pyridine rings is 6. The Kier molecular flexibility index (Phi) is 41.8. The molecule has 0 radical (unpaired) electrons. The summed E-state index contributed by atoms with van der Waals surface area (Å²) < 4.78 is 62.8. The minimum atomic E-state index is -2.86. The number of unbranched alkanes of at least 4 members (excludes halogenated alkanes) is 2. The van der Waals surface area contributed by atoms with Crippen LogP contribution in [-0.4, -0.2) is 134 Å². The fourth-order valence-corrected chi connectivity index (χ4v) is 16.5. The molecule has 31 heteroatoms. The number of allylic oxidation sites excluding steroid dienone is 1. The van der Waals surface area contributed by atoms with Crippen molar-refractivity contribution in [3.05, 3.63) is 388 Å². The van der Waals surface area contributed by atoms with Gasteiger partial charge in [-0.25, -0.2) is 56.5 Å². The van der Waals surface area contributed by atoms with Crippen LogP contribution in [0.2, 0.25) is 0 Å². The largest absolute Gasteiger partial charge is 0.478 e. The number of hydrogen-bond acceptors (Lipinski definition) is 17. The van der Waals surface area contributed by atoms with Gasteiger partial charge in [0.05, 0.1) is 52.4 Å². The normalized spacial score (nSPS) is 11.6. The van der Waals surface area contributed by atoms with Gasteiger partial charge in [-0.3, -0.25) is 29.9 Å². The van der Waals surface area contributed by atoms with Crippen molar-refractivity contribution in [3.63, 3.8) is 0 Å². The van der Waals surface area contributed by atoms with Crippen molar-refractivity contribution in [2.75, 3.05) is 0 Å². The number of halogens is 5. The number of carbonyl (C=O) groups is 5. The number of aliphatic hydroxyl groups is 1. The van der Waals surface area contributed by atoms with Crippen LogP contribution >= 0.6 is 15.9 Å². The topological polar surface area (TPSA) is 368 Å². The van der Waals surface area contributed by atoms with Crippen molar-refractivity contribution in [1.82, 2.24) is 73.3 Å². The zero-order chi connectivity index (χ0) is 101. The molecule has 6 N–H and O–H groups in total. The Labute approximate surface area is 822 Å². The molecule has 0 saturated heterocycles. The smallest absolute Gasteiger partial charge is 0.335 e. The van der Waals surface area contributed by atoms with Crippen LogP contribution in [0, 0.1) is 39.3 Å². The first-order valence-electron chi connectivity index (χ1n) is 47.1. The van der Waals surface area contributed by atoms with Crippen LogP contribution in [0.1, 0.15) is 288 Å². The van der Waals surface area contributed by atoms with Crippen LogP contribution in [0.4, 0.5) is 17.6 Å². The molecular formula is C109H122BrF4N15O11. The van der Waals surface area contributed by atoms with E-state index in [1.165, 1.54) is 65.5 Å². The number of carboxylic acids is 5. The number of hydrogen-bond donors (Lipinski definition) is 6. The number of benzene rings is 4. The maximum absolute atomic E-state index is 13.4. The van der Waals surface area contributed by atoms with Crippen molar-refractivity contribution in [3.8, 4) is 0 Å². The Morgan fingerprint density at radius 1 is 0.436 bits per heavy atom. The van der Waals surface area contributed by atoms with Crippen molar-refractivity contribution >= 4 is 51.9 Å². The molecule has 0 fully saturated rings. The van der Waals surface area contributed by atoms with Gasteiger partial charge in [0.15, 0.2) is 0 Å². The molecule has 2 unspecified atom stereocenters. The number of aromatic carboxylic acids is 5. The zero-order valence-electron chi connectivity index (χ0n) is 80.5. The van der Waals surface area contributed by atoms with E-state index in [0.29, 0.717) is 91.1 Å². The number of alkyl halides is 2. The van der Waals surface area contributed by atoms with Gasteiger partial charge in [-0.05, 0) is 271 Å². The molecule has 0 bridgehead atoms. The third-order valence-electron chi connectivity index (χ3n) is 23.4. The number of aryl methyl sites for hydroxylation is 14. The van der Waals surface area contributed by atoms with Gasteiger partial charge in [-0.1, -0.05) is 125 Å². The lowest BCUT2D eigenvalue weighted by molar-refractivity contribution is 0.0174. The molecule has 14 aromatic rings. The van der Waals surface area contributed by atoms with E-state index in [1.54, 1.807) is 73.2 Å². The molecule has 14 rings (SSSR count). The van der Waals surface area contributed by atoms with Gasteiger partial charge in [0, 0.05) is 156 Å². The molecule has 0 aliphatic heterocycles. The van der Waals surface area contributed by atoms with Gasteiger partial charge < -0.3 is 48.9 Å². The first-order valence-corrected chi connectivity index (χ1v) is 47.9. The highest BCUT2D eigenvalue weighted by molar-refractivity contribution is 9.10. The van der Waals surface area contributed by atoms with E-state index in [4.69, 9.17) is 20.3 Å². The number of rotatable bonds is 43. The summed E-state index contributed by atoms with van der Waals surface area (Å²) in [5.41, 5.74) is 15.9. The van der Waals surface area contributed by atoms with Crippen LogP contribution in [0.15, 0.2) is 224 Å². The van der Waals surface area contributed by atoms with Crippen molar-refractivity contribution < 1.29 is 72.2 Å². The van der Waals surface area contributed by atoms with Crippen molar-refractivity contribution in [1.29, 1.82) is 0 Å². The lowest BCUT2D eigenvalue weighted by Crippen LogP contribution is -2.11. The minimum absolute atomic E-state index is 0.0230. The van der Waals surface area contributed by atoms with Crippen molar-refractivity contribution in [2.24, 2.45) is 0 Å². The third-order valence-corrected chi connectivity index (χ3v) is 24.1. The Hall–Kier alpha value is -14.2. The molecule has 0 aliphatic carbocycles. The van der Waals surface area contributed by atoms with E-state index < -0.39 is 35.8 Å². The SMILES string of the molecule is CC(F)(F)c1ccc(Cn2cnnc2CCCCc2cc(C(=O)O)cc(CO)n2)cc1.CCC(C)c1cnc(CCCc2cc(C(=O)O)cc(C)n2)n1Cc1ccc(F)cc1.CCCC(C)c1cnc(CCCc2cc(C(=O)O)cc(C)n2)n1Cc1ccc(F)cc1.Cc1cc(C(=O)O)cc(CCCCc2ncccc2Br)n1.Cc1cc(C(=O)O)cc(CCCc2nccn2C/C=C/c2ccccc2)n1. The molecule has 26 nitrogen and oxygen atoms in total. The van der Waals surface area contributed by atoms with E-state index in [-0.39, 0.29) is 40.5 Å². The van der Waals surface area contributed by atoms with E-state index in [1.807, 2.05) is 112 Å². The van der Waals surface area contributed by atoms with E-state index in [0.717, 1.165) is 201 Å². The van der Waals surface area contributed by atoms with Crippen LogP contribution in [0.3, 0.4) is 0 Å². The summed E-state index contributed by atoms with van der Waals surface area (Å²) in [6, 6.07) is 49.4. The average molecular weight is 1970 g/mol. The standard InChI is InChI=1S/C25H30FN3O2.C24H28FN3O2.C22H24F2N4O3.C22H23N3O2.C16H17BrN2O2/c1-4-6-17(2)23-15-27-24(29(23)16-19-9-11-21(26)12-10-19)8-5-7-22-14-20(25(30)31)13-18(3)28-22;1-4-16(2)22-14-26-23(28(22)15-18-8-10-20(25)11-9-18)7-5-6-21-13-19(24(29)30)12-17(3)27-21;1-22(23,24)17-8-6-15(7-9-17)12-28-14-25-27-20(28)5-3-2-4-18-10-16(21(30)31)11-19(13-29)26-18;1-17-15-19(22(26)27)16-20(24-17)10-5-11-21-23-12-14-25(21)13-6-9-18-7-3-2-4-8-18;1-11-9-12(16(20)21)10-13(19-11)5-2-3-7-15-14(17)6-4-8-18-15/h9-15,17H,4-8,16H2,1-3H3,(H,30,31);8-14,16H,4-7,15H2,1-3H3,(H,29,30);6-11,14,29H,2-5,12-13H2,1H3,(H,30,31);2-4,6-9,12,14-16H,5,10-11,13H2,1H3,(H,26,27);4,6,8-10H,2-3,5,7H2,1H3,(H,20,21)/b;;;9-6+;. The summed E-state index contributed by atoms with van der Waals surface area (Å²) >= 11 is 3.49. The summed E-state index contributed by atoms with van der Waals surface area (Å²) in [7, 11) is 0. The predicted octanol–water partition coefficient (Wildman–Crippen LogP) is 22.3. The lowest BCUT2D eigenvalue weighted by Gasteiger charge is -2.17. The fourth-order valence-electron chi connectivity index (χ4n) is 16.1. The van der Waals surface area contributed by atoms with Crippen LogP contribution in [0.5, 0.6) is 0 Å². The van der Waals surface area contributed by atoms with E-state index in [9.17, 15) is 56.9 Å². The summed E-state index contributed by atoms with van der Waals surface area (Å²) in [6.07, 6.45) is 31.9. The molecule has 10 aromatic heterocycles. The van der Waals surface area contributed by atoms with Gasteiger partial charge in [0.25, 0.3) is 5.92 Å². The molecule has 140 heavy (non-hydrogen) atoms. The first kappa shape index (κ1) is 108. The molecule has 0 amide bonds. The quantitative estimate of drug-likeness (QED) is 0.0153. The summed E-state index contributed by atoms with van der Waals surface area (Å²) in [6.45, 7) is 19.1. The van der Waals surface area contributed by atoms with Crippen LogP contribution < -0.4 is 0 Å². The molecule has 10 heterocycles. The maximum Gasteiger partial charge on any atom is 0.335 e. The van der Waals surface area contributed by atoms with E-state index >= 15 is 0 Å². The highest BCUT2D eigenvalue weighted by atomic mass is 79.9. The highest BCUT2D eigenvalue weighted by Gasteiger charge is 2.25. The number of nitrogens with zero attached hydrogens (tertiary/aromatic N) is 15. The fraction of sp³-hybridized carbons (Fsp3) is 0.339. The number of aliphatic hydroxyl groups excluding tert-OH is 1. The molecular weight excluding hydrogens is 1850 g/mol. The number of aromatic nitrogens is 15. The van der Waals surface area contributed by atoms with Crippen LogP contribution in [-0.2, 0) is 103 Å². The predicted molar refractivity (Wildman–Crippen MR) is 532 cm³/mol. The molecule has 4 aromatic carbocycles. The summed E-state index contributed by atoms with van der Waals surface area (Å²) in [4.78, 5) is 96.1. The maximum atomic E-state index is 13.4. The molecule has 2 atom stereocenters. The minimum Gasteiger partial charge on any atom is -0.478 e. The second-order valence-electron chi connectivity index (χ2n) is 34.8. The lowest BCUT2D eigenvalue weighted by atomic mass is 10.0. The first-order chi connectivity index (χ1) is 67.2. The van der Waals surface area contributed by atoms with Gasteiger partial charge in [-0.2, -0.15) is 0 Å². The van der Waals surface area contributed by atoms with Crippen molar-refractivity contribution in [2.45, 2.75) is 241 Å². The number of imidazole rings is 3. The van der Waals surface area contributed by atoms with Gasteiger partial charge in [0.2, 0.25) is 0 Å². The van der Waals surface area contributed by atoms with Crippen LogP contribution in [0.25, 0.3) is 6.08 Å². The Balaban J connectivity index is 0.000000181. The van der Waals surface area contributed by atoms with E-state index in [2.05, 4.69) is 132 Å². The Morgan fingerprint density at radius 2 is 0.843 bits per heavy atom. The second kappa shape index (κ2) is 54.2. The molecule has 0 spiro atoms. The number of carboxylic acid groups (broad SMARTS) is 5. The Morgan fingerprint density at radius 3 is 1.29 bits per heavy atom. The molecule has 0 aliphatic rings. The molecule has 734 valence electrons. The Bertz CT molecular complexity index is 6420. The molecule has 0 saturated carbocycles. The second-order valence-corrected chi connectivity index (χ2v) is 35.6. The zero-order valence-corrected chi connectivity index (χ0v) is 82.1. The average Bonchev–Trinajstić information content (AvgIpc) is 1.68. The monoisotopic (exact) mass is 1970 g/mol. The highest BCUT2D eigenvalue weighted by Crippen LogP contribution is 2.30. The van der Waals surface area contributed by atoms with Gasteiger partial charge in [0.1, 0.15) is 41.3 Å². The summed E-state index contributed by atoms with van der Waals surface area (Å²) in [5, 5.41) is 63.2. The van der Waals surface area contributed by atoms with Gasteiger partial charge >= 0.3 is 29.8 Å². The van der Waals surface area contributed by atoms with Gasteiger partial charge in [-0.15, -0.1) is 10.2 Å². The summed E-state index contributed by atoms with van der Waals surface area (Å²) in [5.74, 6) is -3.52.